The SMILES string of the molecule is CC(=O)O[C@@H]1[C@@H](CN=[N+]=[N-])OC(O)[C@@H]1OC(C)=O. The molecule has 4 atom stereocenters. The largest absolute Gasteiger partial charge is 0.456 e. The molecule has 18 heavy (non-hydrogen) atoms. The molecule has 0 aromatic rings. The number of rotatable bonds is 4. The van der Waals surface area contributed by atoms with E-state index < -0.39 is 36.5 Å². The molecule has 0 aromatic heterocycles. The van der Waals surface area contributed by atoms with Crippen molar-refractivity contribution in [3.05, 3.63) is 10.4 Å². The average molecular weight is 259 g/mol. The van der Waals surface area contributed by atoms with Crippen molar-refractivity contribution < 1.29 is 28.9 Å². The van der Waals surface area contributed by atoms with E-state index in [0.29, 0.717) is 0 Å². The number of hydrogen-bond acceptors (Lipinski definition) is 7. The molecule has 1 heterocycles. The van der Waals surface area contributed by atoms with Crippen LogP contribution in [0, 0.1) is 0 Å². The maximum atomic E-state index is 11.0. The predicted octanol–water partition coefficient (Wildman–Crippen LogP) is -0.123. The number of aliphatic hydroxyl groups excluding tert-OH is 1. The second-order valence-corrected chi connectivity index (χ2v) is 3.63. The topological polar surface area (TPSA) is 131 Å². The summed E-state index contributed by atoms with van der Waals surface area (Å²) in [5.41, 5.74) is 8.22. The van der Waals surface area contributed by atoms with Crippen molar-refractivity contribution in [1.82, 2.24) is 0 Å². The Hall–Kier alpha value is -1.83. The molecule has 1 rings (SSSR count). The van der Waals surface area contributed by atoms with Crippen molar-refractivity contribution >= 4 is 11.9 Å². The van der Waals surface area contributed by atoms with Crippen molar-refractivity contribution in [3.8, 4) is 0 Å². The van der Waals surface area contributed by atoms with E-state index in [1.165, 1.54) is 6.92 Å². The molecule has 0 aliphatic carbocycles. The smallest absolute Gasteiger partial charge is 0.303 e. The Balaban J connectivity index is 2.82. The molecule has 0 bridgehead atoms. The van der Waals surface area contributed by atoms with Crippen LogP contribution in [0.2, 0.25) is 0 Å². The number of aliphatic hydroxyl groups is 1. The van der Waals surface area contributed by atoms with Crippen molar-refractivity contribution in [1.29, 1.82) is 0 Å². The van der Waals surface area contributed by atoms with Gasteiger partial charge in [0.25, 0.3) is 0 Å². The zero-order chi connectivity index (χ0) is 13.7. The van der Waals surface area contributed by atoms with Gasteiger partial charge in [-0.3, -0.25) is 9.59 Å². The molecule has 1 fully saturated rings. The first-order valence-electron chi connectivity index (χ1n) is 5.14. The molecule has 0 amide bonds. The standard InChI is InChI=1S/C9H13N3O6/c1-4(13)16-7-6(3-11-12-10)18-9(15)8(7)17-5(2)14/h6-9,15H,3H2,1-2H3/t6-,7-,8-,9?/m1/s1. The number of esters is 2. The molecule has 1 unspecified atom stereocenters. The molecule has 1 saturated heterocycles. The van der Waals surface area contributed by atoms with Crippen molar-refractivity contribution in [3.63, 3.8) is 0 Å². The van der Waals surface area contributed by atoms with Gasteiger partial charge in [0, 0.05) is 18.8 Å². The van der Waals surface area contributed by atoms with E-state index in [1.54, 1.807) is 0 Å². The summed E-state index contributed by atoms with van der Waals surface area (Å²) in [5, 5.41) is 12.8. The minimum absolute atomic E-state index is 0.150. The molecular formula is C9H13N3O6. The van der Waals surface area contributed by atoms with Crippen molar-refractivity contribution in [2.45, 2.75) is 38.4 Å². The predicted molar refractivity (Wildman–Crippen MR) is 56.0 cm³/mol. The van der Waals surface area contributed by atoms with Gasteiger partial charge >= 0.3 is 11.9 Å². The van der Waals surface area contributed by atoms with E-state index >= 15 is 0 Å². The summed E-state index contributed by atoms with van der Waals surface area (Å²) in [5.74, 6) is -1.27. The van der Waals surface area contributed by atoms with Crippen LogP contribution >= 0.6 is 0 Å². The third-order valence-electron chi connectivity index (χ3n) is 2.21. The monoisotopic (exact) mass is 259 g/mol. The lowest BCUT2D eigenvalue weighted by molar-refractivity contribution is -0.174. The van der Waals surface area contributed by atoms with Gasteiger partial charge in [0.2, 0.25) is 0 Å². The van der Waals surface area contributed by atoms with Gasteiger partial charge in [0.05, 0.1) is 6.54 Å². The number of carbonyl (C=O) groups excluding carboxylic acids is 2. The molecule has 1 N–H and O–H groups in total. The Bertz CT molecular complexity index is 380. The normalized spacial score (nSPS) is 30.4. The fraction of sp³-hybridized carbons (Fsp3) is 0.778. The van der Waals surface area contributed by atoms with Crippen LogP contribution in [-0.2, 0) is 23.8 Å². The quantitative estimate of drug-likeness (QED) is 0.324. The number of azide groups is 1. The van der Waals surface area contributed by atoms with Crippen molar-refractivity contribution in [2.75, 3.05) is 6.54 Å². The highest BCUT2D eigenvalue weighted by molar-refractivity contribution is 5.67. The van der Waals surface area contributed by atoms with Crippen LogP contribution in [0.4, 0.5) is 0 Å². The third kappa shape index (κ3) is 3.59. The van der Waals surface area contributed by atoms with Gasteiger partial charge < -0.3 is 19.3 Å². The fourth-order valence-electron chi connectivity index (χ4n) is 1.62. The van der Waals surface area contributed by atoms with Crippen LogP contribution in [0.1, 0.15) is 13.8 Å². The molecule has 1 aliphatic rings. The molecule has 0 spiro atoms. The molecule has 0 saturated carbocycles. The fourth-order valence-corrected chi connectivity index (χ4v) is 1.62. The lowest BCUT2D eigenvalue weighted by atomic mass is 10.1. The second-order valence-electron chi connectivity index (χ2n) is 3.63. The summed E-state index contributed by atoms with van der Waals surface area (Å²) in [6, 6.07) is 0. The summed E-state index contributed by atoms with van der Waals surface area (Å²) in [6.07, 6.45) is -4.43. The van der Waals surface area contributed by atoms with Gasteiger partial charge in [0.15, 0.2) is 18.5 Å². The van der Waals surface area contributed by atoms with Gasteiger partial charge in [-0.15, -0.1) is 0 Å². The molecular weight excluding hydrogens is 246 g/mol. The second kappa shape index (κ2) is 6.20. The van der Waals surface area contributed by atoms with Gasteiger partial charge in [-0.05, 0) is 5.53 Å². The van der Waals surface area contributed by atoms with Crippen LogP contribution < -0.4 is 0 Å². The van der Waals surface area contributed by atoms with Crippen LogP contribution in [0.5, 0.6) is 0 Å². The lowest BCUT2D eigenvalue weighted by Crippen LogP contribution is -2.40. The third-order valence-corrected chi connectivity index (χ3v) is 2.21. The first-order valence-corrected chi connectivity index (χ1v) is 5.14. The Morgan fingerprint density at radius 2 is 1.89 bits per heavy atom. The average Bonchev–Trinajstić information content (AvgIpc) is 2.53. The lowest BCUT2D eigenvalue weighted by Gasteiger charge is -2.21. The Kier molecular flexibility index (Phi) is 4.90. The molecule has 0 radical (unpaired) electrons. The zero-order valence-corrected chi connectivity index (χ0v) is 9.85. The first-order chi connectivity index (χ1) is 8.45. The molecule has 100 valence electrons. The Morgan fingerprint density at radius 3 is 2.39 bits per heavy atom. The minimum Gasteiger partial charge on any atom is -0.456 e. The summed E-state index contributed by atoms with van der Waals surface area (Å²) >= 11 is 0. The number of nitrogens with zero attached hydrogens (tertiary/aromatic N) is 3. The minimum atomic E-state index is -1.43. The van der Waals surface area contributed by atoms with E-state index in [9.17, 15) is 14.7 Å². The maximum Gasteiger partial charge on any atom is 0.303 e. The highest BCUT2D eigenvalue weighted by Gasteiger charge is 2.48. The van der Waals surface area contributed by atoms with Gasteiger partial charge in [-0.1, -0.05) is 5.11 Å². The summed E-state index contributed by atoms with van der Waals surface area (Å²) in [7, 11) is 0. The number of ether oxygens (including phenoxy) is 3. The Labute approximate surface area is 102 Å². The van der Waals surface area contributed by atoms with E-state index in [0.717, 1.165) is 6.92 Å². The van der Waals surface area contributed by atoms with Gasteiger partial charge in [-0.2, -0.15) is 0 Å². The number of carbonyl (C=O) groups is 2. The summed E-state index contributed by atoms with van der Waals surface area (Å²) < 4.78 is 14.8. The first kappa shape index (κ1) is 14.2. The van der Waals surface area contributed by atoms with E-state index in [-0.39, 0.29) is 6.54 Å². The molecule has 0 aromatic carbocycles. The highest BCUT2D eigenvalue weighted by atomic mass is 16.7. The van der Waals surface area contributed by atoms with Crippen molar-refractivity contribution in [2.24, 2.45) is 5.11 Å². The zero-order valence-electron chi connectivity index (χ0n) is 9.85. The van der Waals surface area contributed by atoms with E-state index in [4.69, 9.17) is 19.7 Å². The van der Waals surface area contributed by atoms with E-state index in [2.05, 4.69) is 10.0 Å². The van der Waals surface area contributed by atoms with Crippen LogP contribution in [-0.4, -0.2) is 48.2 Å². The molecule has 9 heteroatoms. The molecule has 1 aliphatic heterocycles. The van der Waals surface area contributed by atoms with Gasteiger partial charge in [0.1, 0.15) is 6.10 Å². The highest BCUT2D eigenvalue weighted by Crippen LogP contribution is 2.26. The van der Waals surface area contributed by atoms with Crippen LogP contribution in [0.25, 0.3) is 10.4 Å². The maximum absolute atomic E-state index is 11.0. The van der Waals surface area contributed by atoms with Gasteiger partial charge in [-0.25, -0.2) is 0 Å². The molecule has 9 nitrogen and oxygen atoms in total. The summed E-state index contributed by atoms with van der Waals surface area (Å²) in [4.78, 5) is 24.4. The summed E-state index contributed by atoms with van der Waals surface area (Å²) in [6.45, 7) is 2.17. The van der Waals surface area contributed by atoms with Crippen LogP contribution in [0.3, 0.4) is 0 Å². The van der Waals surface area contributed by atoms with Crippen LogP contribution in [0.15, 0.2) is 5.11 Å². The Morgan fingerprint density at radius 1 is 1.33 bits per heavy atom. The van der Waals surface area contributed by atoms with E-state index in [1.807, 2.05) is 0 Å². The number of hydrogen-bond donors (Lipinski definition) is 1.